The molecule has 0 saturated heterocycles. The average Bonchev–Trinajstić information content (AvgIpc) is 3.53. The minimum atomic E-state index is 0.432. The molecule has 0 heterocycles. The van der Waals surface area contributed by atoms with Crippen molar-refractivity contribution in [1.82, 2.24) is 0 Å². The molecule has 25 atom stereocenters. The van der Waals surface area contributed by atoms with Crippen molar-refractivity contribution in [1.29, 1.82) is 0 Å². The third kappa shape index (κ3) is 1.43. The molecule has 0 radical (unpaired) electrons. The van der Waals surface area contributed by atoms with Crippen LogP contribution in [0.25, 0.3) is 0 Å². The molecule has 1 nitrogen and oxygen atoms in total. The minimum Gasteiger partial charge on any atom is -0.328 e. The van der Waals surface area contributed by atoms with Gasteiger partial charge in [-0.1, -0.05) is 0 Å². The van der Waals surface area contributed by atoms with Crippen molar-refractivity contribution < 1.29 is 0 Å². The first-order chi connectivity index (χ1) is 17.2. The molecule has 12 saturated carbocycles. The molecule has 0 aromatic rings. The lowest BCUT2D eigenvalue weighted by Crippen LogP contribution is -2.97. The Morgan fingerprint density at radius 1 is 0.543 bits per heavy atom. The fourth-order valence-electron chi connectivity index (χ4n) is 18.8. The van der Waals surface area contributed by atoms with Gasteiger partial charge in [0.15, 0.2) is 0 Å². The highest BCUT2D eigenvalue weighted by Crippen LogP contribution is 3.00. The van der Waals surface area contributed by atoms with Gasteiger partial charge in [0.05, 0.1) is 0 Å². The highest BCUT2D eigenvalue weighted by atomic mass is 15.0. The minimum absolute atomic E-state index is 0.432. The van der Waals surface area contributed by atoms with Gasteiger partial charge >= 0.3 is 0 Å². The predicted molar refractivity (Wildman–Crippen MR) is 133 cm³/mol. The molecule has 1 heteroatoms. The number of fused-ring (bicyclic) bond motifs is 32. The summed E-state index contributed by atoms with van der Waals surface area (Å²) in [6.07, 6.45) is 12.9. The summed E-state index contributed by atoms with van der Waals surface area (Å²) in [6.45, 7) is 2.31. The van der Waals surface area contributed by atoms with Crippen LogP contribution in [0.5, 0.6) is 0 Å². The van der Waals surface area contributed by atoms with E-state index in [1.165, 1.54) is 137 Å². The zero-order valence-corrected chi connectivity index (χ0v) is 21.6. The maximum absolute atomic E-state index is 6.47. The molecule has 12 rings (SSSR count). The number of hydrogen-bond acceptors (Lipinski definition) is 1. The SMILES string of the molecule is C[C@H](N)CC[C@@]12C3C4C5CC[C@H]6CC6CC6C7C8[C@H]9C(C%10[C@H]%11C%12[C@H](C%11[C@@H]%109)C1[C@@H]%123)[C@@H]8[C@@H]7[C@H]6CC[C@H]5[C@@H]42. The maximum Gasteiger partial charge on any atom is 0.00106 e. The fraction of sp³-hybridized carbons (Fsp3) is 1.00. The Kier molecular flexibility index (Phi) is 2.61. The Morgan fingerprint density at radius 3 is 1.89 bits per heavy atom. The Bertz CT molecular complexity index is 1100. The van der Waals surface area contributed by atoms with Crippen molar-refractivity contribution in [2.45, 2.75) is 64.3 Å². The van der Waals surface area contributed by atoms with Crippen LogP contribution in [0.2, 0.25) is 0 Å². The lowest BCUT2D eigenvalue weighted by molar-refractivity contribution is -0.534. The van der Waals surface area contributed by atoms with Gasteiger partial charge < -0.3 is 5.73 Å². The molecule has 0 aromatic heterocycles. The molecule has 0 spiro atoms. The van der Waals surface area contributed by atoms with Gasteiger partial charge in [-0.15, -0.1) is 0 Å². The largest absolute Gasteiger partial charge is 0.328 e. The van der Waals surface area contributed by atoms with E-state index in [1.807, 2.05) is 0 Å². The van der Waals surface area contributed by atoms with Gasteiger partial charge in [-0.25, -0.2) is 0 Å². The normalized spacial score (nSPS) is 83.0. The van der Waals surface area contributed by atoms with Crippen molar-refractivity contribution in [3.8, 4) is 0 Å². The van der Waals surface area contributed by atoms with Crippen LogP contribution in [-0.4, -0.2) is 6.04 Å². The summed E-state index contributed by atoms with van der Waals surface area (Å²) >= 11 is 0. The van der Waals surface area contributed by atoms with Crippen LogP contribution in [0.1, 0.15) is 58.3 Å². The Morgan fingerprint density at radius 2 is 1.11 bits per heavy atom. The van der Waals surface area contributed by atoms with E-state index in [2.05, 4.69) is 6.92 Å². The van der Waals surface area contributed by atoms with E-state index in [-0.39, 0.29) is 0 Å². The lowest BCUT2D eigenvalue weighted by Gasteiger charge is -3.00. The molecule has 0 aromatic carbocycles. The topological polar surface area (TPSA) is 26.0 Å². The summed E-state index contributed by atoms with van der Waals surface area (Å²) in [6, 6.07) is 0.432. The number of rotatable bonds is 3. The molecule has 186 valence electrons. The molecule has 12 aliphatic rings. The standard InChI is InChI=1S/C34H45N/c1-10(35)6-7-34-31-15-5-4-14-16-9-12-8-11(12)2-3-13(15)19(31)32(34)30-28-26-24-22-20-17(14)18(16)21(20)23(22)25(24)27(26)29(28)33(30)34/h10-33H,2-9,35H2,1H3/t10-,11-,12?,13?,14-,15+,16?,17+,18?,19?,20+,21?,22?,23-,24?,25+,26+,27?,28?,29-,30-,31-,32?,33?,34+/m0/s1. The van der Waals surface area contributed by atoms with Crippen molar-refractivity contribution >= 4 is 0 Å². The number of hydrogen-bond donors (Lipinski definition) is 1. The second-order valence-electron chi connectivity index (χ2n) is 18.1. The smallest absolute Gasteiger partial charge is 0.00106 e. The molecule has 2 N–H and O–H groups in total. The third-order valence-corrected chi connectivity index (χ3v) is 18.9. The predicted octanol–water partition coefficient (Wildman–Crippen LogP) is 5.79. The van der Waals surface area contributed by atoms with Crippen LogP contribution in [0.4, 0.5) is 0 Å². The van der Waals surface area contributed by atoms with Crippen LogP contribution < -0.4 is 5.73 Å². The average molecular weight is 468 g/mol. The van der Waals surface area contributed by atoms with Gasteiger partial charge in [0, 0.05) is 6.04 Å². The van der Waals surface area contributed by atoms with E-state index in [1.54, 1.807) is 44.9 Å². The van der Waals surface area contributed by atoms with Gasteiger partial charge in [0.2, 0.25) is 0 Å². The van der Waals surface area contributed by atoms with Crippen LogP contribution >= 0.6 is 0 Å². The van der Waals surface area contributed by atoms with E-state index in [0.717, 1.165) is 11.3 Å². The van der Waals surface area contributed by atoms with Crippen molar-refractivity contribution in [3.63, 3.8) is 0 Å². The van der Waals surface area contributed by atoms with Gasteiger partial charge in [0.1, 0.15) is 0 Å². The summed E-state index contributed by atoms with van der Waals surface area (Å²) in [5, 5.41) is 0. The van der Waals surface area contributed by atoms with Crippen molar-refractivity contribution in [3.05, 3.63) is 0 Å². The van der Waals surface area contributed by atoms with Crippen LogP contribution in [0, 0.1) is 142 Å². The summed E-state index contributed by atoms with van der Waals surface area (Å²) in [4.78, 5) is 0. The molecular weight excluding hydrogens is 422 g/mol. The second-order valence-corrected chi connectivity index (χ2v) is 18.1. The Balaban J connectivity index is 0.968. The van der Waals surface area contributed by atoms with E-state index < -0.39 is 0 Å². The maximum atomic E-state index is 6.47. The zero-order valence-electron chi connectivity index (χ0n) is 21.6. The monoisotopic (exact) mass is 467 g/mol. The Labute approximate surface area is 211 Å². The summed E-state index contributed by atoms with van der Waals surface area (Å²) in [7, 11) is 0. The molecule has 12 fully saturated rings. The lowest BCUT2D eigenvalue weighted by atomic mass is 9.04. The first-order valence-corrected chi connectivity index (χ1v) is 17.0. The quantitative estimate of drug-likeness (QED) is 0.522. The molecule has 0 bridgehead atoms. The summed E-state index contributed by atoms with van der Waals surface area (Å²) in [5.41, 5.74) is 7.29. The van der Waals surface area contributed by atoms with Crippen LogP contribution in [-0.2, 0) is 0 Å². The molecule has 0 aliphatic heterocycles. The zero-order chi connectivity index (χ0) is 22.0. The Hall–Kier alpha value is -0.0400. The highest BCUT2D eigenvalue weighted by Gasteiger charge is 2.96. The van der Waals surface area contributed by atoms with Crippen LogP contribution in [0.3, 0.4) is 0 Å². The molecule has 12 aliphatic carbocycles. The van der Waals surface area contributed by atoms with E-state index in [4.69, 9.17) is 5.73 Å². The molecule has 12 unspecified atom stereocenters. The first kappa shape index (κ1) is 18.3. The van der Waals surface area contributed by atoms with Crippen LogP contribution in [0.15, 0.2) is 0 Å². The second kappa shape index (κ2) is 4.99. The summed E-state index contributed by atoms with van der Waals surface area (Å²) in [5.74, 6) is 28.3. The van der Waals surface area contributed by atoms with Crippen molar-refractivity contribution in [2.24, 2.45) is 147 Å². The van der Waals surface area contributed by atoms with Gasteiger partial charge in [0.25, 0.3) is 0 Å². The van der Waals surface area contributed by atoms with Gasteiger partial charge in [-0.05, 0) is 200 Å². The van der Waals surface area contributed by atoms with Gasteiger partial charge in [-0.3, -0.25) is 0 Å². The van der Waals surface area contributed by atoms with E-state index >= 15 is 0 Å². The summed E-state index contributed by atoms with van der Waals surface area (Å²) < 4.78 is 0. The fourth-order valence-corrected chi connectivity index (χ4v) is 18.8. The number of nitrogens with two attached hydrogens (primary N) is 1. The molecule has 35 heavy (non-hydrogen) atoms. The first-order valence-electron chi connectivity index (χ1n) is 17.0. The molecule has 0 amide bonds. The van der Waals surface area contributed by atoms with Crippen molar-refractivity contribution in [2.75, 3.05) is 0 Å². The van der Waals surface area contributed by atoms with E-state index in [9.17, 15) is 0 Å². The third-order valence-electron chi connectivity index (χ3n) is 18.9. The van der Waals surface area contributed by atoms with Gasteiger partial charge in [-0.2, -0.15) is 0 Å². The molecular formula is C34H45N. The van der Waals surface area contributed by atoms with E-state index in [0.29, 0.717) is 6.04 Å². The highest BCUT2D eigenvalue weighted by molar-refractivity contribution is 5.43.